The van der Waals surface area contributed by atoms with Crippen LogP contribution in [0.2, 0.25) is 0 Å². The lowest BCUT2D eigenvalue weighted by Gasteiger charge is -2.06. The number of benzene rings is 2. The van der Waals surface area contributed by atoms with Crippen LogP contribution >= 0.6 is 0 Å². The molecule has 0 fully saturated rings. The normalized spacial score (nSPS) is 10.4. The molecule has 0 radical (unpaired) electrons. The number of anilines is 1. The monoisotopic (exact) mass is 291 g/mol. The van der Waals surface area contributed by atoms with Gasteiger partial charge < -0.3 is 5.32 Å². The number of nitrogens with one attached hydrogen (secondary N) is 2. The second kappa shape index (κ2) is 6.26. The third-order valence-electron chi connectivity index (χ3n) is 3.47. The van der Waals surface area contributed by atoms with Crippen molar-refractivity contribution in [2.45, 2.75) is 13.3 Å². The zero-order chi connectivity index (χ0) is 15.4. The number of aromatic amines is 1. The maximum absolute atomic E-state index is 12.1. The molecule has 0 spiro atoms. The van der Waals surface area contributed by atoms with Gasteiger partial charge in [0.25, 0.3) is 0 Å². The molecule has 3 rings (SSSR count). The first kappa shape index (κ1) is 14.1. The lowest BCUT2D eigenvalue weighted by molar-refractivity contribution is -0.115. The number of hydrogen-bond acceptors (Lipinski definition) is 2. The van der Waals surface area contributed by atoms with Gasteiger partial charge in [0.2, 0.25) is 5.91 Å². The first-order valence-electron chi connectivity index (χ1n) is 7.16. The van der Waals surface area contributed by atoms with Crippen molar-refractivity contribution in [3.05, 3.63) is 71.9 Å². The number of carbonyl (C=O) groups excluding carboxylic acids is 1. The fraction of sp³-hybridized carbons (Fsp3) is 0.111. The van der Waals surface area contributed by atoms with E-state index >= 15 is 0 Å². The van der Waals surface area contributed by atoms with Gasteiger partial charge in [-0.25, -0.2) is 0 Å². The molecule has 4 heteroatoms. The Bertz CT molecular complexity index is 744. The van der Waals surface area contributed by atoms with E-state index in [9.17, 15) is 4.79 Å². The maximum atomic E-state index is 12.1. The molecule has 0 saturated carbocycles. The third-order valence-corrected chi connectivity index (χ3v) is 3.47. The number of amides is 1. The van der Waals surface area contributed by atoms with Crippen molar-refractivity contribution in [3.63, 3.8) is 0 Å². The van der Waals surface area contributed by atoms with Crippen LogP contribution in [0.25, 0.3) is 11.3 Å². The zero-order valence-corrected chi connectivity index (χ0v) is 12.3. The van der Waals surface area contributed by atoms with Crippen LogP contribution in [0.3, 0.4) is 0 Å². The minimum absolute atomic E-state index is 0.0156. The van der Waals surface area contributed by atoms with Gasteiger partial charge in [0.1, 0.15) is 0 Å². The van der Waals surface area contributed by atoms with Gasteiger partial charge in [0.15, 0.2) is 0 Å². The third kappa shape index (κ3) is 3.41. The van der Waals surface area contributed by atoms with Crippen LogP contribution in [0.4, 0.5) is 5.69 Å². The number of hydrogen-bond donors (Lipinski definition) is 2. The van der Waals surface area contributed by atoms with E-state index in [4.69, 9.17) is 0 Å². The largest absolute Gasteiger partial charge is 0.326 e. The van der Waals surface area contributed by atoms with Gasteiger partial charge in [-0.2, -0.15) is 5.10 Å². The van der Waals surface area contributed by atoms with Crippen molar-refractivity contribution in [3.8, 4) is 11.3 Å². The molecule has 0 bridgehead atoms. The highest BCUT2D eigenvalue weighted by Gasteiger charge is 2.05. The Hall–Kier alpha value is -2.88. The summed E-state index contributed by atoms with van der Waals surface area (Å²) in [6.07, 6.45) is 2.09. The van der Waals surface area contributed by atoms with Gasteiger partial charge >= 0.3 is 0 Å². The molecule has 2 N–H and O–H groups in total. The highest BCUT2D eigenvalue weighted by Crippen LogP contribution is 2.19. The summed E-state index contributed by atoms with van der Waals surface area (Å²) in [7, 11) is 0. The van der Waals surface area contributed by atoms with Crippen LogP contribution in [0, 0.1) is 6.92 Å². The van der Waals surface area contributed by atoms with E-state index in [2.05, 4.69) is 15.5 Å². The minimum Gasteiger partial charge on any atom is -0.326 e. The Morgan fingerprint density at radius 3 is 2.41 bits per heavy atom. The van der Waals surface area contributed by atoms with Gasteiger partial charge in [0.05, 0.1) is 12.1 Å². The number of nitrogens with zero attached hydrogens (tertiary/aromatic N) is 1. The molecule has 0 atom stereocenters. The number of aromatic nitrogens is 2. The summed E-state index contributed by atoms with van der Waals surface area (Å²) in [5.41, 5.74) is 4.99. The zero-order valence-electron chi connectivity index (χ0n) is 12.3. The molecule has 1 aromatic heterocycles. The summed E-state index contributed by atoms with van der Waals surface area (Å²) >= 11 is 0. The molecule has 3 aromatic rings. The van der Waals surface area contributed by atoms with E-state index in [1.165, 1.54) is 5.56 Å². The van der Waals surface area contributed by atoms with E-state index in [1.54, 1.807) is 6.20 Å². The Kier molecular flexibility index (Phi) is 4.01. The lowest BCUT2D eigenvalue weighted by atomic mass is 10.1. The summed E-state index contributed by atoms with van der Waals surface area (Å²) in [4.78, 5) is 12.1. The molecular weight excluding hydrogens is 274 g/mol. The van der Waals surface area contributed by atoms with E-state index in [0.717, 1.165) is 22.5 Å². The predicted molar refractivity (Wildman–Crippen MR) is 87.5 cm³/mol. The van der Waals surface area contributed by atoms with Gasteiger partial charge in [-0.1, -0.05) is 42.0 Å². The molecular formula is C18H17N3O. The van der Waals surface area contributed by atoms with Gasteiger partial charge in [0, 0.05) is 11.9 Å². The van der Waals surface area contributed by atoms with E-state index in [-0.39, 0.29) is 5.91 Å². The SMILES string of the molecule is Cc1ccc(CC(=O)Nc2ccc(-c3ccn[nH]3)cc2)cc1. The van der Waals surface area contributed by atoms with Crippen LogP contribution in [0.15, 0.2) is 60.8 Å². The summed E-state index contributed by atoms with van der Waals surface area (Å²) in [5, 5.41) is 9.75. The number of aryl methyl sites for hydroxylation is 1. The number of H-pyrrole nitrogens is 1. The van der Waals surface area contributed by atoms with Crippen molar-refractivity contribution in [2.75, 3.05) is 5.32 Å². The number of carbonyl (C=O) groups is 1. The van der Waals surface area contributed by atoms with Crippen molar-refractivity contribution in [2.24, 2.45) is 0 Å². The first-order chi connectivity index (χ1) is 10.7. The van der Waals surface area contributed by atoms with Gasteiger partial charge in [-0.15, -0.1) is 0 Å². The number of rotatable bonds is 4. The Balaban J connectivity index is 1.63. The standard InChI is InChI=1S/C18H17N3O/c1-13-2-4-14(5-3-13)12-18(22)20-16-8-6-15(7-9-16)17-10-11-19-21-17/h2-11H,12H2,1H3,(H,19,21)(H,20,22). The summed E-state index contributed by atoms with van der Waals surface area (Å²) < 4.78 is 0. The van der Waals surface area contributed by atoms with Crippen LogP contribution < -0.4 is 5.32 Å². The van der Waals surface area contributed by atoms with E-state index < -0.39 is 0 Å². The Labute approximate surface area is 129 Å². The summed E-state index contributed by atoms with van der Waals surface area (Å²) in [6.45, 7) is 2.03. The highest BCUT2D eigenvalue weighted by molar-refractivity contribution is 5.92. The molecule has 0 aliphatic rings. The lowest BCUT2D eigenvalue weighted by Crippen LogP contribution is -2.14. The highest BCUT2D eigenvalue weighted by atomic mass is 16.1. The summed E-state index contributed by atoms with van der Waals surface area (Å²) in [6, 6.07) is 17.6. The molecule has 0 unspecified atom stereocenters. The van der Waals surface area contributed by atoms with E-state index in [0.29, 0.717) is 6.42 Å². The molecule has 0 aliphatic heterocycles. The van der Waals surface area contributed by atoms with Crippen molar-refractivity contribution in [1.29, 1.82) is 0 Å². The van der Waals surface area contributed by atoms with Crippen molar-refractivity contribution >= 4 is 11.6 Å². The molecule has 4 nitrogen and oxygen atoms in total. The van der Waals surface area contributed by atoms with Gasteiger partial charge in [-0.05, 0) is 36.2 Å². The average molecular weight is 291 g/mol. The van der Waals surface area contributed by atoms with Gasteiger partial charge in [-0.3, -0.25) is 9.89 Å². The van der Waals surface area contributed by atoms with Crippen LogP contribution in [-0.2, 0) is 11.2 Å². The molecule has 110 valence electrons. The first-order valence-corrected chi connectivity index (χ1v) is 7.16. The summed E-state index contributed by atoms with van der Waals surface area (Å²) in [5.74, 6) is -0.0156. The molecule has 1 heterocycles. The second-order valence-electron chi connectivity index (χ2n) is 5.26. The molecule has 0 aliphatic carbocycles. The fourth-order valence-electron chi connectivity index (χ4n) is 2.25. The molecule has 2 aromatic carbocycles. The quantitative estimate of drug-likeness (QED) is 0.772. The molecule has 22 heavy (non-hydrogen) atoms. The van der Waals surface area contributed by atoms with Crippen LogP contribution in [0.5, 0.6) is 0 Å². The van der Waals surface area contributed by atoms with Crippen molar-refractivity contribution < 1.29 is 4.79 Å². The average Bonchev–Trinajstić information content (AvgIpc) is 3.05. The Morgan fingerprint density at radius 2 is 1.77 bits per heavy atom. The van der Waals surface area contributed by atoms with Crippen molar-refractivity contribution in [1.82, 2.24) is 10.2 Å². The Morgan fingerprint density at radius 1 is 1.05 bits per heavy atom. The molecule has 0 saturated heterocycles. The second-order valence-corrected chi connectivity index (χ2v) is 5.26. The topological polar surface area (TPSA) is 57.8 Å². The minimum atomic E-state index is -0.0156. The fourth-order valence-corrected chi connectivity index (χ4v) is 2.25. The van der Waals surface area contributed by atoms with Crippen LogP contribution in [-0.4, -0.2) is 16.1 Å². The molecule has 1 amide bonds. The smallest absolute Gasteiger partial charge is 0.228 e. The maximum Gasteiger partial charge on any atom is 0.228 e. The predicted octanol–water partition coefficient (Wildman–Crippen LogP) is 3.57. The van der Waals surface area contributed by atoms with E-state index in [1.807, 2.05) is 61.5 Å². The van der Waals surface area contributed by atoms with Crippen LogP contribution in [0.1, 0.15) is 11.1 Å².